The molecule has 0 radical (unpaired) electrons. The molecule has 4 aliphatic carbocycles. The molecule has 4 aliphatic rings. The second-order valence-corrected chi connectivity index (χ2v) is 12.0. The molecule has 5 heteroatoms. The Hall–Kier alpha value is -1.67. The van der Waals surface area contributed by atoms with E-state index in [4.69, 9.17) is 5.26 Å². The maximum atomic E-state index is 13.3. The zero-order valence-electron chi connectivity index (χ0n) is 19.3. The highest BCUT2D eigenvalue weighted by Crippen LogP contribution is 2.68. The molecular formula is C26H37N3O2. The van der Waals surface area contributed by atoms with Crippen LogP contribution in [0.2, 0.25) is 0 Å². The third kappa shape index (κ3) is 3.28. The minimum Gasteiger partial charge on any atom is -0.390 e. The minimum atomic E-state index is -0.482. The van der Waals surface area contributed by atoms with Crippen molar-refractivity contribution in [3.8, 4) is 6.07 Å². The summed E-state index contributed by atoms with van der Waals surface area (Å²) in [6.07, 6.45) is 13.4. The lowest BCUT2D eigenvalue weighted by molar-refractivity contribution is -0.151. The second kappa shape index (κ2) is 7.17. The van der Waals surface area contributed by atoms with E-state index in [1.165, 1.54) is 25.7 Å². The van der Waals surface area contributed by atoms with Crippen LogP contribution in [-0.2, 0) is 11.3 Å². The van der Waals surface area contributed by atoms with Gasteiger partial charge in [0.15, 0.2) is 11.5 Å². The molecule has 168 valence electrons. The van der Waals surface area contributed by atoms with Crippen LogP contribution in [0.5, 0.6) is 0 Å². The molecular weight excluding hydrogens is 386 g/mol. The van der Waals surface area contributed by atoms with Crippen LogP contribution in [-0.4, -0.2) is 26.0 Å². The number of rotatable bonds is 3. The van der Waals surface area contributed by atoms with Crippen LogP contribution in [0.3, 0.4) is 0 Å². The van der Waals surface area contributed by atoms with Crippen LogP contribution >= 0.6 is 0 Å². The molecule has 4 saturated carbocycles. The molecule has 1 N–H and O–H groups in total. The number of fused-ring (bicyclic) bond motifs is 5. The summed E-state index contributed by atoms with van der Waals surface area (Å²) in [5.41, 5.74) is 0.364. The van der Waals surface area contributed by atoms with Crippen molar-refractivity contribution in [1.29, 1.82) is 5.26 Å². The van der Waals surface area contributed by atoms with Crippen molar-refractivity contribution in [2.75, 3.05) is 0 Å². The third-order valence-corrected chi connectivity index (χ3v) is 10.4. The van der Waals surface area contributed by atoms with Crippen molar-refractivity contribution in [2.45, 2.75) is 90.7 Å². The summed E-state index contributed by atoms with van der Waals surface area (Å²) < 4.78 is 1.78. The summed E-state index contributed by atoms with van der Waals surface area (Å²) in [5.74, 6) is 3.23. The fourth-order valence-electron chi connectivity index (χ4n) is 8.75. The van der Waals surface area contributed by atoms with E-state index in [0.717, 1.165) is 43.9 Å². The number of Topliss-reactive ketones (excluding diaryl/α,β-unsaturated/α-hetero) is 1. The Morgan fingerprint density at radius 3 is 2.65 bits per heavy atom. The van der Waals surface area contributed by atoms with Gasteiger partial charge in [0.05, 0.1) is 18.5 Å². The number of nitriles is 1. The van der Waals surface area contributed by atoms with Crippen LogP contribution in [0, 0.1) is 51.8 Å². The molecule has 4 fully saturated rings. The van der Waals surface area contributed by atoms with Gasteiger partial charge in [0, 0.05) is 12.1 Å². The Balaban J connectivity index is 1.34. The normalized spacial score (nSPS) is 46.5. The number of aromatic nitrogens is 2. The van der Waals surface area contributed by atoms with E-state index in [0.29, 0.717) is 35.3 Å². The Morgan fingerprint density at radius 2 is 1.90 bits per heavy atom. The van der Waals surface area contributed by atoms with E-state index in [1.54, 1.807) is 17.1 Å². The highest BCUT2D eigenvalue weighted by molar-refractivity contribution is 5.82. The Morgan fingerprint density at radius 1 is 1.13 bits per heavy atom. The number of aliphatic hydroxyl groups is 1. The number of carbonyl (C=O) groups excluding carboxylic acids is 1. The average molecular weight is 424 g/mol. The molecule has 31 heavy (non-hydrogen) atoms. The maximum Gasteiger partial charge on any atom is 0.158 e. The SMILES string of the molecule is C[C@@]1(O)CC[C@@]2(C)[C@H](CC[C@@H]3[C@@H]2CC[C@]2(C)[C@@H](C(=O)Cn4cnc(C#N)c4)CC[C@@H]32)C1. The summed E-state index contributed by atoms with van der Waals surface area (Å²) in [4.78, 5) is 17.4. The maximum absolute atomic E-state index is 13.3. The highest BCUT2D eigenvalue weighted by atomic mass is 16.3. The number of hydrogen-bond donors (Lipinski definition) is 1. The van der Waals surface area contributed by atoms with Gasteiger partial charge in [-0.1, -0.05) is 13.8 Å². The van der Waals surface area contributed by atoms with Crippen molar-refractivity contribution >= 4 is 5.78 Å². The summed E-state index contributed by atoms with van der Waals surface area (Å²) in [6, 6.07) is 2.05. The molecule has 0 aromatic carbocycles. The van der Waals surface area contributed by atoms with Gasteiger partial charge >= 0.3 is 0 Å². The zero-order chi connectivity index (χ0) is 22.0. The molecule has 0 amide bonds. The zero-order valence-corrected chi connectivity index (χ0v) is 19.3. The lowest BCUT2D eigenvalue weighted by Crippen LogP contribution is -2.55. The molecule has 5 nitrogen and oxygen atoms in total. The van der Waals surface area contributed by atoms with Gasteiger partial charge in [-0.2, -0.15) is 5.26 Å². The quantitative estimate of drug-likeness (QED) is 0.762. The standard InChI is InChI=1S/C26H37N3O2/c1-24(31)10-11-25(2)17(12-24)4-5-19-20-6-7-22(26(20,3)9-8-21(19)25)23(30)15-29-14-18(13-27)28-16-29/h14,16-17,19-22,31H,4-12,15H2,1-3H3/t17-,19+,20+,21+,22-,24-,25+,26+/m1/s1. The van der Waals surface area contributed by atoms with Gasteiger partial charge < -0.3 is 9.67 Å². The fraction of sp³-hybridized carbons (Fsp3) is 0.808. The fourth-order valence-corrected chi connectivity index (χ4v) is 8.75. The molecule has 0 saturated heterocycles. The average Bonchev–Trinajstić information content (AvgIpc) is 3.31. The summed E-state index contributed by atoms with van der Waals surface area (Å²) in [7, 11) is 0. The van der Waals surface area contributed by atoms with Crippen molar-refractivity contribution in [1.82, 2.24) is 9.55 Å². The van der Waals surface area contributed by atoms with Crippen LogP contribution in [0.25, 0.3) is 0 Å². The second-order valence-electron chi connectivity index (χ2n) is 12.0. The Bertz CT molecular complexity index is 914. The van der Waals surface area contributed by atoms with E-state index < -0.39 is 5.60 Å². The Labute approximate surface area is 186 Å². The summed E-state index contributed by atoms with van der Waals surface area (Å²) >= 11 is 0. The summed E-state index contributed by atoms with van der Waals surface area (Å²) in [6.45, 7) is 7.29. The molecule has 1 heterocycles. The molecule has 1 aromatic rings. The van der Waals surface area contributed by atoms with Gasteiger partial charge in [-0.25, -0.2) is 4.98 Å². The van der Waals surface area contributed by atoms with Crippen molar-refractivity contribution < 1.29 is 9.90 Å². The van der Waals surface area contributed by atoms with Crippen LogP contribution in [0.15, 0.2) is 12.5 Å². The molecule has 5 rings (SSSR count). The number of carbonyl (C=O) groups is 1. The van der Waals surface area contributed by atoms with Crippen LogP contribution < -0.4 is 0 Å². The van der Waals surface area contributed by atoms with Crippen LogP contribution in [0.4, 0.5) is 0 Å². The summed E-state index contributed by atoms with van der Waals surface area (Å²) in [5, 5.41) is 19.7. The highest BCUT2D eigenvalue weighted by Gasteiger charge is 2.61. The van der Waals surface area contributed by atoms with Crippen molar-refractivity contribution in [3.63, 3.8) is 0 Å². The topological polar surface area (TPSA) is 78.9 Å². The number of ketones is 1. The van der Waals surface area contributed by atoms with Gasteiger partial charge in [0.25, 0.3) is 0 Å². The van der Waals surface area contributed by atoms with E-state index >= 15 is 0 Å². The van der Waals surface area contributed by atoms with E-state index in [-0.39, 0.29) is 11.3 Å². The van der Waals surface area contributed by atoms with E-state index in [1.807, 2.05) is 13.0 Å². The monoisotopic (exact) mass is 423 g/mol. The van der Waals surface area contributed by atoms with Gasteiger partial charge in [-0.15, -0.1) is 0 Å². The molecule has 1 aromatic heterocycles. The van der Waals surface area contributed by atoms with E-state index in [9.17, 15) is 9.90 Å². The van der Waals surface area contributed by atoms with Gasteiger partial charge in [0.1, 0.15) is 6.07 Å². The molecule has 0 bridgehead atoms. The molecule has 0 unspecified atom stereocenters. The molecule has 8 atom stereocenters. The molecule has 0 spiro atoms. The van der Waals surface area contributed by atoms with E-state index in [2.05, 4.69) is 18.8 Å². The van der Waals surface area contributed by atoms with Gasteiger partial charge in [0.2, 0.25) is 0 Å². The first-order valence-corrected chi connectivity index (χ1v) is 12.3. The number of nitrogens with zero attached hydrogens (tertiary/aromatic N) is 3. The van der Waals surface area contributed by atoms with Crippen molar-refractivity contribution in [3.05, 3.63) is 18.2 Å². The molecule has 0 aliphatic heterocycles. The largest absolute Gasteiger partial charge is 0.390 e. The van der Waals surface area contributed by atoms with Crippen LogP contribution in [0.1, 0.15) is 84.3 Å². The Kier molecular flexibility index (Phi) is 4.90. The predicted molar refractivity (Wildman–Crippen MR) is 118 cm³/mol. The lowest BCUT2D eigenvalue weighted by atomic mass is 9.44. The van der Waals surface area contributed by atoms with Crippen molar-refractivity contribution in [2.24, 2.45) is 40.4 Å². The van der Waals surface area contributed by atoms with Gasteiger partial charge in [-0.3, -0.25) is 4.79 Å². The van der Waals surface area contributed by atoms with Gasteiger partial charge in [-0.05, 0) is 99.2 Å². The number of imidazole rings is 1. The lowest BCUT2D eigenvalue weighted by Gasteiger charge is -2.61. The first kappa shape index (κ1) is 21.2. The number of hydrogen-bond acceptors (Lipinski definition) is 4. The first-order chi connectivity index (χ1) is 14.7. The third-order valence-electron chi connectivity index (χ3n) is 10.4. The smallest absolute Gasteiger partial charge is 0.158 e. The minimum absolute atomic E-state index is 0.111. The first-order valence-electron chi connectivity index (χ1n) is 12.3. The predicted octanol–water partition coefficient (Wildman–Crippen LogP) is 4.73.